The van der Waals surface area contributed by atoms with Crippen LogP contribution in [0.2, 0.25) is 10.0 Å². The van der Waals surface area contributed by atoms with Crippen LogP contribution >= 0.6 is 35.0 Å². The Morgan fingerprint density at radius 2 is 1.80 bits per heavy atom. The summed E-state index contributed by atoms with van der Waals surface area (Å²) in [6, 6.07) is 8.44. The molecule has 0 bridgehead atoms. The number of aromatic nitrogens is 1. The first-order chi connectivity index (χ1) is 21.4. The fraction of sp³-hybridized carbons (Fsp3) is 0.357. The minimum atomic E-state index is -4.25. The molecule has 17 heteroatoms. The number of carbonyl (C=O) groups is 1. The average molecular weight is 705 g/mol. The van der Waals surface area contributed by atoms with Crippen molar-refractivity contribution in [2.45, 2.75) is 42.2 Å². The largest absolute Gasteiger partial charge is 0.489 e. The highest BCUT2D eigenvalue weighted by Gasteiger charge is 2.42. The SMILES string of the molecule is O=C(OC(Cc1c(Cl)cncc1Cl)c1ccc(OC(F)F)c(OCC2CC2)c1)C1SCCN1S(=O)(=O)c1ccc([N+](=O)[O-])cc1. The van der Waals surface area contributed by atoms with Gasteiger partial charge in [-0.25, -0.2) is 13.2 Å². The Morgan fingerprint density at radius 3 is 2.42 bits per heavy atom. The van der Waals surface area contributed by atoms with Crippen molar-refractivity contribution in [1.29, 1.82) is 0 Å². The van der Waals surface area contributed by atoms with Gasteiger partial charge >= 0.3 is 12.6 Å². The van der Waals surface area contributed by atoms with Crippen molar-refractivity contribution < 1.29 is 41.1 Å². The van der Waals surface area contributed by atoms with Gasteiger partial charge in [0.2, 0.25) is 10.0 Å². The number of non-ortho nitro benzene ring substituents is 1. The maximum atomic E-state index is 13.7. The molecule has 0 radical (unpaired) electrons. The first-order valence-electron chi connectivity index (χ1n) is 13.5. The quantitative estimate of drug-likeness (QED) is 0.114. The molecule has 45 heavy (non-hydrogen) atoms. The van der Waals surface area contributed by atoms with E-state index >= 15 is 0 Å². The van der Waals surface area contributed by atoms with Crippen LogP contribution in [0.5, 0.6) is 11.5 Å². The molecule has 2 heterocycles. The molecule has 2 aliphatic rings. The minimum absolute atomic E-state index is 0.0186. The fourth-order valence-corrected chi connectivity index (χ4v) is 8.10. The van der Waals surface area contributed by atoms with Crippen LogP contribution in [0.3, 0.4) is 0 Å². The molecule has 5 rings (SSSR count). The van der Waals surface area contributed by atoms with Crippen LogP contribution in [0.4, 0.5) is 14.5 Å². The number of thioether (sulfide) groups is 1. The first-order valence-corrected chi connectivity index (χ1v) is 16.8. The predicted molar refractivity (Wildman–Crippen MR) is 161 cm³/mol. The van der Waals surface area contributed by atoms with Gasteiger partial charge in [0.05, 0.1) is 26.5 Å². The second-order valence-electron chi connectivity index (χ2n) is 10.1. The molecule has 2 aromatic carbocycles. The smallest absolute Gasteiger partial charge is 0.387 e. The Bertz CT molecular complexity index is 1660. The lowest BCUT2D eigenvalue weighted by Crippen LogP contribution is -2.40. The molecule has 2 unspecified atom stereocenters. The van der Waals surface area contributed by atoms with E-state index in [1.165, 1.54) is 30.6 Å². The topological polar surface area (TPSA) is 138 Å². The molecule has 0 N–H and O–H groups in total. The number of benzene rings is 2. The van der Waals surface area contributed by atoms with Gasteiger partial charge in [0.25, 0.3) is 5.69 Å². The van der Waals surface area contributed by atoms with E-state index in [9.17, 15) is 32.1 Å². The van der Waals surface area contributed by atoms with Gasteiger partial charge in [0, 0.05) is 43.2 Å². The summed E-state index contributed by atoms with van der Waals surface area (Å²) < 4.78 is 70.5. The minimum Gasteiger partial charge on any atom is -0.489 e. The van der Waals surface area contributed by atoms with E-state index in [-0.39, 0.29) is 57.5 Å². The summed E-state index contributed by atoms with van der Waals surface area (Å²) in [5, 5.41) is 10.1. The number of hydrogen-bond donors (Lipinski definition) is 0. The highest BCUT2D eigenvalue weighted by molar-refractivity contribution is 8.02. The summed E-state index contributed by atoms with van der Waals surface area (Å²) in [7, 11) is -4.25. The van der Waals surface area contributed by atoms with Crippen LogP contribution in [-0.2, 0) is 26.0 Å². The molecule has 1 saturated carbocycles. The standard InChI is InChI=1S/C28H25Cl2F2N3O8S2/c29-21-13-33-14-22(30)20(21)12-24(17-3-8-23(43-28(31)32)25(11-17)41-15-16-1-2-16)42-27(36)26-34(9-10-44-26)45(39,40)19-6-4-18(5-7-19)35(37)38/h3-8,11,13-14,16,24,26,28H,1-2,9-10,12,15H2. The van der Waals surface area contributed by atoms with Crippen molar-refractivity contribution in [1.82, 2.24) is 9.29 Å². The summed E-state index contributed by atoms with van der Waals surface area (Å²) in [6.45, 7) is -2.84. The molecule has 240 valence electrons. The summed E-state index contributed by atoms with van der Waals surface area (Å²) in [4.78, 5) is 27.7. The van der Waals surface area contributed by atoms with Crippen LogP contribution in [0.15, 0.2) is 59.8 Å². The van der Waals surface area contributed by atoms with E-state index in [0.29, 0.717) is 17.0 Å². The van der Waals surface area contributed by atoms with Gasteiger partial charge < -0.3 is 14.2 Å². The van der Waals surface area contributed by atoms with Crippen LogP contribution in [0.1, 0.15) is 30.1 Å². The molecule has 1 aromatic heterocycles. The van der Waals surface area contributed by atoms with Crippen molar-refractivity contribution in [2.75, 3.05) is 18.9 Å². The van der Waals surface area contributed by atoms with Crippen LogP contribution in [-0.4, -0.2) is 59.5 Å². The Kier molecular flexibility index (Phi) is 10.3. The summed E-state index contributed by atoms with van der Waals surface area (Å²) in [5.41, 5.74) is 0.420. The van der Waals surface area contributed by atoms with Gasteiger partial charge in [-0.05, 0) is 54.2 Å². The first kappa shape index (κ1) is 33.1. The van der Waals surface area contributed by atoms with Crippen molar-refractivity contribution in [3.8, 4) is 11.5 Å². The second kappa shape index (κ2) is 14.0. The van der Waals surface area contributed by atoms with Gasteiger partial charge in [-0.15, -0.1) is 11.8 Å². The Hall–Kier alpha value is -3.24. The summed E-state index contributed by atoms with van der Waals surface area (Å²) >= 11 is 13.8. The summed E-state index contributed by atoms with van der Waals surface area (Å²) in [5.74, 6) is -0.518. The zero-order valence-corrected chi connectivity index (χ0v) is 26.3. The second-order valence-corrected chi connectivity index (χ2v) is 14.0. The van der Waals surface area contributed by atoms with E-state index in [2.05, 4.69) is 9.72 Å². The van der Waals surface area contributed by atoms with Gasteiger partial charge in [-0.3, -0.25) is 15.1 Å². The lowest BCUT2D eigenvalue weighted by atomic mass is 10.0. The number of ether oxygens (including phenoxy) is 3. The maximum absolute atomic E-state index is 13.7. The molecule has 2 atom stereocenters. The van der Waals surface area contributed by atoms with E-state index in [0.717, 1.165) is 53.2 Å². The number of halogens is 4. The molecule has 11 nitrogen and oxygen atoms in total. The van der Waals surface area contributed by atoms with Crippen LogP contribution in [0.25, 0.3) is 0 Å². The number of rotatable bonds is 13. The lowest BCUT2D eigenvalue weighted by molar-refractivity contribution is -0.384. The van der Waals surface area contributed by atoms with Crippen molar-refractivity contribution >= 4 is 56.6 Å². The number of carbonyl (C=O) groups excluding carboxylic acids is 1. The van der Waals surface area contributed by atoms with E-state index in [4.69, 9.17) is 32.7 Å². The molecular formula is C28H25Cl2F2N3O8S2. The average Bonchev–Trinajstić information content (AvgIpc) is 3.69. The Morgan fingerprint density at radius 1 is 1.11 bits per heavy atom. The van der Waals surface area contributed by atoms with Crippen molar-refractivity contribution in [3.63, 3.8) is 0 Å². The summed E-state index contributed by atoms with van der Waals surface area (Å²) in [6.07, 6.45) is 3.41. The number of sulfonamides is 1. The molecule has 1 saturated heterocycles. The van der Waals surface area contributed by atoms with Gasteiger partial charge in [0.1, 0.15) is 6.10 Å². The molecule has 0 spiro atoms. The maximum Gasteiger partial charge on any atom is 0.387 e. The van der Waals surface area contributed by atoms with Crippen molar-refractivity contribution in [2.24, 2.45) is 5.92 Å². The number of pyridine rings is 1. The van der Waals surface area contributed by atoms with Crippen molar-refractivity contribution in [3.05, 3.63) is 86.1 Å². The normalized spacial score (nSPS) is 17.7. The molecule has 1 aliphatic carbocycles. The van der Waals surface area contributed by atoms with Gasteiger partial charge in [-0.2, -0.15) is 13.1 Å². The van der Waals surface area contributed by atoms with E-state index in [1.807, 2.05) is 0 Å². The Labute approximate surface area is 271 Å². The zero-order chi connectivity index (χ0) is 32.3. The van der Waals surface area contributed by atoms with Gasteiger partial charge in [0.15, 0.2) is 16.9 Å². The van der Waals surface area contributed by atoms with Gasteiger partial charge in [-0.1, -0.05) is 29.3 Å². The predicted octanol–water partition coefficient (Wildman–Crippen LogP) is 6.28. The number of nitrogens with zero attached hydrogens (tertiary/aromatic N) is 3. The number of alkyl halides is 2. The third kappa shape index (κ3) is 7.95. The zero-order valence-electron chi connectivity index (χ0n) is 23.2. The fourth-order valence-electron chi connectivity index (χ4n) is 4.53. The van der Waals surface area contributed by atoms with Crippen LogP contribution in [0, 0.1) is 16.0 Å². The van der Waals surface area contributed by atoms with E-state index in [1.54, 1.807) is 0 Å². The molecular weight excluding hydrogens is 679 g/mol. The van der Waals surface area contributed by atoms with Crippen LogP contribution < -0.4 is 9.47 Å². The lowest BCUT2D eigenvalue weighted by Gasteiger charge is -2.26. The Balaban J connectivity index is 1.45. The number of nitro groups is 1. The molecule has 2 fully saturated rings. The number of nitro benzene ring substituents is 1. The third-order valence-electron chi connectivity index (χ3n) is 7.03. The highest BCUT2D eigenvalue weighted by atomic mass is 35.5. The molecule has 1 aliphatic heterocycles. The number of hydrogen-bond acceptors (Lipinski definition) is 10. The van der Waals surface area contributed by atoms with E-state index < -0.39 is 39.0 Å². The highest BCUT2D eigenvalue weighted by Crippen LogP contribution is 2.39. The molecule has 3 aromatic rings. The monoisotopic (exact) mass is 703 g/mol. The number of esters is 1. The third-order valence-corrected chi connectivity index (χ3v) is 10.9. The molecule has 0 amide bonds.